The van der Waals surface area contributed by atoms with E-state index in [2.05, 4.69) is 5.32 Å². The van der Waals surface area contributed by atoms with E-state index in [1.54, 1.807) is 4.90 Å². The number of imide groups is 1. The summed E-state index contributed by atoms with van der Waals surface area (Å²) in [5, 5.41) is 3.01. The van der Waals surface area contributed by atoms with E-state index in [4.69, 9.17) is 0 Å². The third kappa shape index (κ3) is 2.78. The Hall–Kier alpha value is -2.17. The zero-order chi connectivity index (χ0) is 19.4. The number of hydrogen-bond acceptors (Lipinski definition) is 3. The molecule has 0 aromatic heterocycles. The first-order valence-corrected chi connectivity index (χ1v) is 10.8. The summed E-state index contributed by atoms with van der Waals surface area (Å²) in [4.78, 5) is 40.2. The summed E-state index contributed by atoms with van der Waals surface area (Å²) in [6.07, 6.45) is 6.28. The highest BCUT2D eigenvalue weighted by Crippen LogP contribution is 2.56. The van der Waals surface area contributed by atoms with Gasteiger partial charge < -0.3 is 5.32 Å². The summed E-state index contributed by atoms with van der Waals surface area (Å²) in [7, 11) is 0. The number of nitrogens with one attached hydrogen (secondary N) is 1. The Bertz CT molecular complexity index is 782. The Balaban J connectivity index is 1.20. The summed E-state index contributed by atoms with van der Waals surface area (Å²) in [5.74, 6) is 1.01. The second-order valence-electron chi connectivity index (χ2n) is 9.29. The minimum atomic E-state index is -0.0407. The molecule has 5 rings (SSSR count). The number of amides is 3. The smallest absolute Gasteiger partial charge is 0.233 e. The van der Waals surface area contributed by atoms with E-state index in [9.17, 15) is 14.4 Å². The maximum atomic E-state index is 13.0. The molecule has 5 heteroatoms. The van der Waals surface area contributed by atoms with Gasteiger partial charge in [0.25, 0.3) is 0 Å². The number of hydrogen-bond donors (Lipinski definition) is 1. The molecule has 3 amide bonds. The van der Waals surface area contributed by atoms with Crippen LogP contribution in [0.1, 0.15) is 50.5 Å². The molecule has 2 bridgehead atoms. The van der Waals surface area contributed by atoms with Gasteiger partial charge in [-0.05, 0) is 75.8 Å². The third-order valence-electron chi connectivity index (χ3n) is 7.71. The second kappa shape index (κ2) is 6.71. The van der Waals surface area contributed by atoms with Crippen LogP contribution in [0, 0.1) is 36.5 Å². The van der Waals surface area contributed by atoms with Crippen molar-refractivity contribution in [3.63, 3.8) is 0 Å². The molecule has 1 saturated heterocycles. The molecule has 4 aliphatic rings. The molecule has 0 radical (unpaired) electrons. The Morgan fingerprint density at radius 2 is 1.46 bits per heavy atom. The zero-order valence-corrected chi connectivity index (χ0v) is 16.4. The van der Waals surface area contributed by atoms with Crippen LogP contribution in [0.4, 0.5) is 5.69 Å². The van der Waals surface area contributed by atoms with Gasteiger partial charge in [0.2, 0.25) is 17.7 Å². The molecule has 1 aliphatic heterocycles. The van der Waals surface area contributed by atoms with Crippen molar-refractivity contribution in [2.24, 2.45) is 29.6 Å². The largest absolute Gasteiger partial charge is 0.326 e. The Kier molecular flexibility index (Phi) is 4.29. The van der Waals surface area contributed by atoms with Gasteiger partial charge >= 0.3 is 0 Å². The number of benzene rings is 1. The quantitative estimate of drug-likeness (QED) is 0.816. The van der Waals surface area contributed by atoms with E-state index in [0.29, 0.717) is 11.8 Å². The molecule has 1 heterocycles. The predicted octanol–water partition coefficient (Wildman–Crippen LogP) is 3.52. The molecular weight excluding hydrogens is 352 g/mol. The van der Waals surface area contributed by atoms with Crippen molar-refractivity contribution >= 4 is 23.4 Å². The molecule has 0 spiro atoms. The molecule has 4 atom stereocenters. The molecule has 1 aromatic carbocycles. The highest BCUT2D eigenvalue weighted by atomic mass is 16.2. The number of likely N-dealkylation sites (tertiary alicyclic amines) is 1. The second-order valence-corrected chi connectivity index (χ2v) is 9.29. The zero-order valence-electron chi connectivity index (χ0n) is 16.4. The minimum Gasteiger partial charge on any atom is -0.326 e. The minimum absolute atomic E-state index is 0.00609. The van der Waals surface area contributed by atoms with Crippen molar-refractivity contribution in [2.75, 3.05) is 5.32 Å². The molecule has 3 aliphatic carbocycles. The fourth-order valence-corrected chi connectivity index (χ4v) is 6.27. The summed E-state index contributed by atoms with van der Waals surface area (Å²) < 4.78 is 0. The first kappa shape index (κ1) is 17.9. The van der Waals surface area contributed by atoms with Gasteiger partial charge in [-0.1, -0.05) is 17.7 Å². The van der Waals surface area contributed by atoms with E-state index >= 15 is 0 Å². The van der Waals surface area contributed by atoms with E-state index in [-0.39, 0.29) is 41.5 Å². The van der Waals surface area contributed by atoms with Crippen LogP contribution < -0.4 is 5.32 Å². The van der Waals surface area contributed by atoms with E-state index < -0.39 is 0 Å². The van der Waals surface area contributed by atoms with Crippen molar-refractivity contribution in [3.8, 4) is 0 Å². The molecule has 3 saturated carbocycles. The highest BCUT2D eigenvalue weighted by Gasteiger charge is 2.61. The van der Waals surface area contributed by atoms with Crippen LogP contribution in [0.2, 0.25) is 0 Å². The van der Waals surface area contributed by atoms with Gasteiger partial charge in [-0.2, -0.15) is 0 Å². The van der Waals surface area contributed by atoms with Crippen LogP contribution in [-0.2, 0) is 14.4 Å². The maximum Gasteiger partial charge on any atom is 0.233 e. The first-order chi connectivity index (χ1) is 13.5. The highest BCUT2D eigenvalue weighted by molar-refractivity contribution is 6.06. The van der Waals surface area contributed by atoms with Gasteiger partial charge in [0, 0.05) is 17.6 Å². The standard InChI is InChI=1S/C23H28N2O3/c1-13-2-8-17(9-3-13)24-21(26)14-6-10-18(11-7-14)25-22(27)19-15-4-5-16(12-15)20(19)23(25)28/h2-3,8-9,14-16,18-20H,4-7,10-12H2,1H3,(H,24,26)/t14?,15-,16-,18?,19-,20-/m0/s1. The molecule has 5 nitrogen and oxygen atoms in total. The maximum absolute atomic E-state index is 13.0. The third-order valence-corrected chi connectivity index (χ3v) is 7.71. The number of anilines is 1. The summed E-state index contributed by atoms with van der Waals surface area (Å²) in [5.41, 5.74) is 1.99. The SMILES string of the molecule is Cc1ccc(NC(=O)C2CCC(N3C(=O)[C@H]4[C@H]5CC[C@@H](C5)[C@@H]4C3=O)CC2)cc1. The molecule has 148 valence electrons. The van der Waals surface area contributed by atoms with Crippen LogP contribution in [0.3, 0.4) is 0 Å². The van der Waals surface area contributed by atoms with Crippen molar-refractivity contribution in [2.45, 2.75) is 57.9 Å². The number of fused-ring (bicyclic) bond motifs is 5. The van der Waals surface area contributed by atoms with E-state index in [1.165, 1.54) is 0 Å². The fourth-order valence-electron chi connectivity index (χ4n) is 6.27. The lowest BCUT2D eigenvalue weighted by Crippen LogP contribution is -2.44. The van der Waals surface area contributed by atoms with Crippen LogP contribution in [-0.4, -0.2) is 28.7 Å². The lowest BCUT2D eigenvalue weighted by atomic mass is 9.81. The van der Waals surface area contributed by atoms with Crippen molar-refractivity contribution in [1.29, 1.82) is 0 Å². The first-order valence-electron chi connectivity index (χ1n) is 10.8. The van der Waals surface area contributed by atoms with Gasteiger partial charge in [-0.3, -0.25) is 19.3 Å². The van der Waals surface area contributed by atoms with E-state index in [0.717, 1.165) is 56.2 Å². The summed E-state index contributed by atoms with van der Waals surface area (Å²) in [6.45, 7) is 2.02. The van der Waals surface area contributed by atoms with Crippen molar-refractivity contribution in [1.82, 2.24) is 4.90 Å². The number of aryl methyl sites for hydroxylation is 1. The van der Waals surface area contributed by atoms with Gasteiger partial charge in [0.05, 0.1) is 11.8 Å². The van der Waals surface area contributed by atoms with Gasteiger partial charge in [0.15, 0.2) is 0 Å². The Labute approximate surface area is 165 Å². The van der Waals surface area contributed by atoms with Gasteiger partial charge in [0.1, 0.15) is 0 Å². The Morgan fingerprint density at radius 3 is 2.04 bits per heavy atom. The number of carbonyl (C=O) groups excluding carboxylic acids is 3. The van der Waals surface area contributed by atoms with Gasteiger partial charge in [-0.25, -0.2) is 0 Å². The van der Waals surface area contributed by atoms with E-state index in [1.807, 2.05) is 31.2 Å². The molecule has 1 N–H and O–H groups in total. The molecular formula is C23H28N2O3. The van der Waals surface area contributed by atoms with Crippen LogP contribution in [0.25, 0.3) is 0 Å². The van der Waals surface area contributed by atoms with Crippen LogP contribution in [0.5, 0.6) is 0 Å². The number of rotatable bonds is 3. The average Bonchev–Trinajstić information content (AvgIpc) is 3.38. The fraction of sp³-hybridized carbons (Fsp3) is 0.609. The number of nitrogens with zero attached hydrogens (tertiary/aromatic N) is 1. The van der Waals surface area contributed by atoms with Gasteiger partial charge in [-0.15, -0.1) is 0 Å². The molecule has 4 fully saturated rings. The van der Waals surface area contributed by atoms with Crippen molar-refractivity contribution in [3.05, 3.63) is 29.8 Å². The topological polar surface area (TPSA) is 66.5 Å². The average molecular weight is 380 g/mol. The summed E-state index contributed by atoms with van der Waals surface area (Å²) in [6, 6.07) is 7.82. The monoisotopic (exact) mass is 380 g/mol. The molecule has 1 aromatic rings. The predicted molar refractivity (Wildman–Crippen MR) is 105 cm³/mol. The normalized spacial score (nSPS) is 36.7. The van der Waals surface area contributed by atoms with Crippen LogP contribution >= 0.6 is 0 Å². The Morgan fingerprint density at radius 1 is 0.893 bits per heavy atom. The summed E-state index contributed by atoms with van der Waals surface area (Å²) >= 11 is 0. The lowest BCUT2D eigenvalue weighted by molar-refractivity contribution is -0.144. The molecule has 0 unspecified atom stereocenters. The number of carbonyl (C=O) groups is 3. The van der Waals surface area contributed by atoms with Crippen LogP contribution in [0.15, 0.2) is 24.3 Å². The lowest BCUT2D eigenvalue weighted by Gasteiger charge is -2.33. The van der Waals surface area contributed by atoms with Crippen molar-refractivity contribution < 1.29 is 14.4 Å². The molecule has 28 heavy (non-hydrogen) atoms.